The highest BCUT2D eigenvalue weighted by Gasteiger charge is 2.32. The molecule has 1 aromatic heterocycles. The monoisotopic (exact) mass is 291 g/mol. The lowest BCUT2D eigenvalue weighted by Crippen LogP contribution is -2.28. The predicted octanol–water partition coefficient (Wildman–Crippen LogP) is 4.95. The van der Waals surface area contributed by atoms with E-state index < -0.39 is 0 Å². The molecule has 1 aliphatic carbocycles. The fourth-order valence-electron chi connectivity index (χ4n) is 3.55. The second-order valence-electron chi connectivity index (χ2n) is 6.00. The van der Waals surface area contributed by atoms with E-state index in [2.05, 4.69) is 19.1 Å². The Labute approximate surface area is 125 Å². The average Bonchev–Trinajstić information content (AvgIpc) is 2.92. The van der Waals surface area contributed by atoms with Crippen LogP contribution in [0.2, 0.25) is 5.02 Å². The first-order valence-electron chi connectivity index (χ1n) is 7.61. The number of halogens is 1. The van der Waals surface area contributed by atoms with Gasteiger partial charge in [-0.3, -0.25) is 0 Å². The Balaban J connectivity index is 1.96. The molecule has 3 unspecified atom stereocenters. The maximum Gasteiger partial charge on any atom is 0.152 e. The first kappa shape index (κ1) is 14.0. The van der Waals surface area contributed by atoms with Crippen molar-refractivity contribution in [3.8, 4) is 0 Å². The number of hydrogen-bond acceptors (Lipinski definition) is 2. The molecule has 3 rings (SSSR count). The van der Waals surface area contributed by atoms with Gasteiger partial charge in [-0.25, -0.2) is 0 Å². The van der Waals surface area contributed by atoms with Crippen LogP contribution in [0.4, 0.5) is 0 Å². The molecule has 1 aliphatic rings. The first-order valence-corrected chi connectivity index (χ1v) is 7.98. The molecule has 2 aromatic rings. The van der Waals surface area contributed by atoms with Crippen molar-refractivity contribution >= 4 is 22.6 Å². The molecular weight excluding hydrogens is 270 g/mol. The molecule has 3 atom stereocenters. The molecule has 1 fully saturated rings. The summed E-state index contributed by atoms with van der Waals surface area (Å²) in [5.41, 5.74) is 6.79. The summed E-state index contributed by atoms with van der Waals surface area (Å²) in [6.45, 7) is 3.02. The fraction of sp³-hybridized carbons (Fsp3) is 0.529. The van der Waals surface area contributed by atoms with Gasteiger partial charge in [-0.2, -0.15) is 0 Å². The molecule has 2 nitrogen and oxygen atoms in total. The second-order valence-corrected chi connectivity index (χ2v) is 6.40. The molecule has 1 heterocycles. The Hall–Kier alpha value is -0.990. The summed E-state index contributed by atoms with van der Waals surface area (Å²) in [6, 6.07) is 8.08. The van der Waals surface area contributed by atoms with Gasteiger partial charge in [0.15, 0.2) is 5.58 Å². The molecule has 0 amide bonds. The lowest BCUT2D eigenvalue weighted by molar-refractivity contribution is 0.216. The van der Waals surface area contributed by atoms with Gasteiger partial charge in [-0.1, -0.05) is 43.5 Å². The summed E-state index contributed by atoms with van der Waals surface area (Å²) >= 11 is 6.22. The van der Waals surface area contributed by atoms with Crippen molar-refractivity contribution in [3.05, 3.63) is 35.0 Å². The van der Waals surface area contributed by atoms with Crippen LogP contribution in [0.25, 0.3) is 11.0 Å². The third-order valence-electron chi connectivity index (χ3n) is 4.86. The van der Waals surface area contributed by atoms with E-state index >= 15 is 0 Å². The largest absolute Gasteiger partial charge is 0.459 e. The smallest absolute Gasteiger partial charge is 0.152 e. The van der Waals surface area contributed by atoms with E-state index in [4.69, 9.17) is 21.8 Å². The topological polar surface area (TPSA) is 39.2 Å². The molecule has 108 valence electrons. The Bertz CT molecular complexity index is 592. The highest BCUT2D eigenvalue weighted by Crippen LogP contribution is 2.43. The molecule has 2 N–H and O–H groups in total. The maximum absolute atomic E-state index is 6.22. The molecule has 0 bridgehead atoms. The van der Waals surface area contributed by atoms with Crippen molar-refractivity contribution < 1.29 is 4.42 Å². The summed E-state index contributed by atoms with van der Waals surface area (Å²) < 4.78 is 6.08. The van der Waals surface area contributed by atoms with E-state index in [9.17, 15) is 0 Å². The zero-order valence-electron chi connectivity index (χ0n) is 11.9. The van der Waals surface area contributed by atoms with Crippen molar-refractivity contribution in [2.24, 2.45) is 17.6 Å². The maximum atomic E-state index is 6.22. The van der Waals surface area contributed by atoms with Gasteiger partial charge in [0.2, 0.25) is 0 Å². The minimum atomic E-state index is 0.446. The molecule has 0 spiro atoms. The van der Waals surface area contributed by atoms with Crippen LogP contribution in [-0.4, -0.2) is 6.54 Å². The normalized spacial score (nSPS) is 27.1. The highest BCUT2D eigenvalue weighted by molar-refractivity contribution is 6.34. The molecule has 1 aromatic carbocycles. The highest BCUT2D eigenvalue weighted by atomic mass is 35.5. The van der Waals surface area contributed by atoms with Crippen LogP contribution in [-0.2, 0) is 0 Å². The summed E-state index contributed by atoms with van der Waals surface area (Å²) in [6.07, 6.45) is 4.95. The van der Waals surface area contributed by atoms with Crippen molar-refractivity contribution in [2.75, 3.05) is 6.54 Å². The number of fused-ring (bicyclic) bond motifs is 1. The molecular formula is C17H22ClNO. The van der Waals surface area contributed by atoms with E-state index in [-0.39, 0.29) is 0 Å². The predicted molar refractivity (Wildman–Crippen MR) is 84.1 cm³/mol. The number of hydrogen-bond donors (Lipinski definition) is 1. The van der Waals surface area contributed by atoms with Crippen LogP contribution < -0.4 is 5.73 Å². The standard InChI is InChI=1S/C17H22ClNO/c1-2-11-6-7-13(10-19)14(8-11)16-9-12-4-3-5-15(18)17(12)20-16/h3-5,9,11,13-14H,2,6-8,10,19H2,1H3. The van der Waals surface area contributed by atoms with Crippen LogP contribution in [0.5, 0.6) is 0 Å². The zero-order valence-corrected chi connectivity index (χ0v) is 12.7. The van der Waals surface area contributed by atoms with Crippen LogP contribution >= 0.6 is 11.6 Å². The second kappa shape index (κ2) is 5.79. The molecule has 1 saturated carbocycles. The van der Waals surface area contributed by atoms with Gasteiger partial charge < -0.3 is 10.2 Å². The van der Waals surface area contributed by atoms with Crippen molar-refractivity contribution in [3.63, 3.8) is 0 Å². The number of benzene rings is 1. The van der Waals surface area contributed by atoms with Crippen LogP contribution in [0.3, 0.4) is 0 Å². The van der Waals surface area contributed by atoms with Crippen LogP contribution in [0, 0.1) is 11.8 Å². The van der Waals surface area contributed by atoms with E-state index in [1.807, 2.05) is 12.1 Å². The van der Waals surface area contributed by atoms with Gasteiger partial charge >= 0.3 is 0 Å². The molecule has 0 saturated heterocycles. The Kier molecular flexibility index (Phi) is 4.04. The van der Waals surface area contributed by atoms with Crippen LogP contribution in [0.1, 0.15) is 44.3 Å². The Morgan fingerprint density at radius 2 is 2.20 bits per heavy atom. The van der Waals surface area contributed by atoms with Gasteiger partial charge in [-0.05, 0) is 43.4 Å². The summed E-state index contributed by atoms with van der Waals surface area (Å²) in [5, 5.41) is 1.79. The minimum Gasteiger partial charge on any atom is -0.459 e. The van der Waals surface area contributed by atoms with E-state index in [0.717, 1.165) is 29.2 Å². The molecule has 3 heteroatoms. The third kappa shape index (κ3) is 2.47. The van der Waals surface area contributed by atoms with Gasteiger partial charge in [0.05, 0.1) is 5.02 Å². The van der Waals surface area contributed by atoms with Crippen molar-refractivity contribution in [2.45, 2.75) is 38.5 Å². The number of furan rings is 1. The Morgan fingerprint density at radius 3 is 2.90 bits per heavy atom. The van der Waals surface area contributed by atoms with Crippen molar-refractivity contribution in [1.82, 2.24) is 0 Å². The lowest BCUT2D eigenvalue weighted by atomic mass is 9.72. The summed E-state index contributed by atoms with van der Waals surface area (Å²) in [4.78, 5) is 0. The van der Waals surface area contributed by atoms with Crippen LogP contribution in [0.15, 0.2) is 28.7 Å². The lowest BCUT2D eigenvalue weighted by Gasteiger charge is -2.34. The molecule has 0 radical (unpaired) electrons. The quantitative estimate of drug-likeness (QED) is 0.868. The average molecular weight is 292 g/mol. The van der Waals surface area contributed by atoms with Gasteiger partial charge in [-0.15, -0.1) is 0 Å². The number of para-hydroxylation sites is 1. The zero-order chi connectivity index (χ0) is 14.1. The van der Waals surface area contributed by atoms with Gasteiger partial charge in [0, 0.05) is 11.3 Å². The van der Waals surface area contributed by atoms with Gasteiger partial charge in [0.25, 0.3) is 0 Å². The third-order valence-corrected chi connectivity index (χ3v) is 5.16. The fourth-order valence-corrected chi connectivity index (χ4v) is 3.77. The van der Waals surface area contributed by atoms with E-state index in [1.165, 1.54) is 25.7 Å². The molecule has 0 aliphatic heterocycles. The first-order chi connectivity index (χ1) is 9.72. The van der Waals surface area contributed by atoms with E-state index in [1.54, 1.807) is 0 Å². The van der Waals surface area contributed by atoms with Crippen molar-refractivity contribution in [1.29, 1.82) is 0 Å². The van der Waals surface area contributed by atoms with E-state index in [0.29, 0.717) is 16.9 Å². The number of rotatable bonds is 3. The van der Waals surface area contributed by atoms with Gasteiger partial charge in [0.1, 0.15) is 5.76 Å². The molecule has 20 heavy (non-hydrogen) atoms. The Morgan fingerprint density at radius 1 is 1.35 bits per heavy atom. The number of nitrogens with two attached hydrogens (primary N) is 1. The SMILES string of the molecule is CCC1CCC(CN)C(c2cc3cccc(Cl)c3o2)C1. The minimum absolute atomic E-state index is 0.446. The summed E-state index contributed by atoms with van der Waals surface area (Å²) in [5.74, 6) is 2.85. The summed E-state index contributed by atoms with van der Waals surface area (Å²) in [7, 11) is 0.